The lowest BCUT2D eigenvalue weighted by atomic mass is 9.65. The molecule has 6 atom stereocenters. The number of β-lactam (4-membered cyclic amide) rings is 1. The molecule has 0 unspecified atom stereocenters. The number of benzene rings is 1. The number of amides is 3. The van der Waals surface area contributed by atoms with Gasteiger partial charge in [-0.05, 0) is 36.6 Å². The molecule has 0 radical (unpaired) electrons. The fraction of sp³-hybridized carbons (Fsp3) is 0.583. The van der Waals surface area contributed by atoms with Gasteiger partial charge in [0.15, 0.2) is 0 Å². The maximum atomic E-state index is 13.4. The SMILES string of the molecule is COC(=O)[C@]1(C)N[C@H]([C@H]2[C@@H](C(C)(C)C)C(=O)N2c2ccc(OC)cc2)[C@@H]2C(=O)N(C)C(=O)[C@@H]21. The van der Waals surface area contributed by atoms with Crippen molar-refractivity contribution in [3.63, 3.8) is 0 Å². The average molecular weight is 458 g/mol. The molecule has 1 N–H and O–H groups in total. The van der Waals surface area contributed by atoms with Crippen molar-refractivity contribution in [3.05, 3.63) is 24.3 Å². The predicted octanol–water partition coefficient (Wildman–Crippen LogP) is 1.21. The highest BCUT2D eigenvalue weighted by molar-refractivity contribution is 6.10. The number of esters is 1. The second-order valence-corrected chi connectivity index (χ2v) is 10.3. The maximum absolute atomic E-state index is 13.4. The van der Waals surface area contributed by atoms with Gasteiger partial charge in [-0.3, -0.25) is 29.4 Å². The summed E-state index contributed by atoms with van der Waals surface area (Å²) in [7, 11) is 4.26. The van der Waals surface area contributed by atoms with Gasteiger partial charge in [-0.15, -0.1) is 0 Å². The summed E-state index contributed by atoms with van der Waals surface area (Å²) in [4.78, 5) is 55.2. The van der Waals surface area contributed by atoms with Crippen LogP contribution in [-0.4, -0.2) is 67.5 Å². The van der Waals surface area contributed by atoms with Crippen LogP contribution >= 0.6 is 0 Å². The molecule has 3 aliphatic heterocycles. The van der Waals surface area contributed by atoms with Crippen molar-refractivity contribution in [3.8, 4) is 5.75 Å². The highest BCUT2D eigenvalue weighted by Gasteiger charge is 2.71. The van der Waals surface area contributed by atoms with Crippen LogP contribution in [0.1, 0.15) is 27.7 Å². The van der Waals surface area contributed by atoms with Crippen LogP contribution in [0.2, 0.25) is 0 Å². The topological polar surface area (TPSA) is 105 Å². The van der Waals surface area contributed by atoms with Gasteiger partial charge in [0.2, 0.25) is 17.7 Å². The molecule has 0 saturated carbocycles. The number of rotatable bonds is 4. The largest absolute Gasteiger partial charge is 0.497 e. The molecule has 3 saturated heterocycles. The zero-order valence-corrected chi connectivity index (χ0v) is 20.0. The first-order valence-electron chi connectivity index (χ1n) is 11.0. The molecule has 3 aliphatic rings. The van der Waals surface area contributed by atoms with Crippen molar-refractivity contribution >= 4 is 29.4 Å². The van der Waals surface area contributed by atoms with Gasteiger partial charge in [-0.1, -0.05) is 20.8 Å². The molecule has 178 valence electrons. The summed E-state index contributed by atoms with van der Waals surface area (Å²) in [5, 5.41) is 3.29. The van der Waals surface area contributed by atoms with Gasteiger partial charge >= 0.3 is 5.97 Å². The number of imide groups is 1. The molecular formula is C24H31N3O6. The van der Waals surface area contributed by atoms with Crippen LogP contribution in [-0.2, 0) is 23.9 Å². The van der Waals surface area contributed by atoms with Crippen molar-refractivity contribution in [2.45, 2.75) is 45.3 Å². The summed E-state index contributed by atoms with van der Waals surface area (Å²) in [6.07, 6.45) is 0. The Kier molecular flexibility index (Phi) is 5.31. The van der Waals surface area contributed by atoms with E-state index in [-0.39, 0.29) is 11.8 Å². The monoisotopic (exact) mass is 457 g/mol. The maximum Gasteiger partial charge on any atom is 0.326 e. The zero-order chi connectivity index (χ0) is 24.5. The Labute approximate surface area is 193 Å². The third kappa shape index (κ3) is 3.16. The van der Waals surface area contributed by atoms with Crippen LogP contribution in [0.5, 0.6) is 5.75 Å². The Bertz CT molecular complexity index is 1020. The number of anilines is 1. The Morgan fingerprint density at radius 1 is 1.03 bits per heavy atom. The van der Waals surface area contributed by atoms with Crippen LogP contribution in [0.15, 0.2) is 24.3 Å². The number of nitrogens with zero attached hydrogens (tertiary/aromatic N) is 2. The number of carbonyl (C=O) groups is 4. The summed E-state index contributed by atoms with van der Waals surface area (Å²) < 4.78 is 10.3. The molecule has 3 heterocycles. The van der Waals surface area contributed by atoms with Crippen LogP contribution in [0.3, 0.4) is 0 Å². The van der Waals surface area contributed by atoms with Gasteiger partial charge in [0.25, 0.3) is 0 Å². The lowest BCUT2D eigenvalue weighted by molar-refractivity contribution is -0.153. The smallest absolute Gasteiger partial charge is 0.326 e. The van der Waals surface area contributed by atoms with Gasteiger partial charge in [-0.25, -0.2) is 0 Å². The molecule has 9 nitrogen and oxygen atoms in total. The second kappa shape index (κ2) is 7.55. The highest BCUT2D eigenvalue weighted by atomic mass is 16.5. The number of carbonyl (C=O) groups excluding carboxylic acids is 4. The summed E-state index contributed by atoms with van der Waals surface area (Å²) in [6.45, 7) is 7.54. The van der Waals surface area contributed by atoms with E-state index in [1.165, 1.54) is 14.2 Å². The predicted molar refractivity (Wildman–Crippen MR) is 119 cm³/mol. The highest BCUT2D eigenvalue weighted by Crippen LogP contribution is 2.51. The molecule has 0 bridgehead atoms. The lowest BCUT2D eigenvalue weighted by Crippen LogP contribution is -2.73. The number of ether oxygens (including phenoxy) is 2. The third-order valence-corrected chi connectivity index (χ3v) is 7.45. The first-order chi connectivity index (χ1) is 15.4. The Balaban J connectivity index is 1.81. The number of likely N-dealkylation sites (tertiary alicyclic amines) is 1. The molecule has 4 rings (SSSR count). The summed E-state index contributed by atoms with van der Waals surface area (Å²) in [5.41, 5.74) is -1.11. The minimum Gasteiger partial charge on any atom is -0.497 e. The van der Waals surface area contributed by atoms with E-state index in [0.29, 0.717) is 11.4 Å². The molecule has 0 spiro atoms. The fourth-order valence-corrected chi connectivity index (χ4v) is 5.83. The Hall–Kier alpha value is -2.94. The van der Waals surface area contributed by atoms with Crippen molar-refractivity contribution in [2.75, 3.05) is 26.2 Å². The number of fused-ring (bicyclic) bond motifs is 1. The Morgan fingerprint density at radius 2 is 1.64 bits per heavy atom. The van der Waals surface area contributed by atoms with E-state index in [2.05, 4.69) is 5.32 Å². The molecule has 9 heteroatoms. The third-order valence-electron chi connectivity index (χ3n) is 7.45. The zero-order valence-electron chi connectivity index (χ0n) is 20.0. The standard InChI is InChI=1S/C24H31N3O6/c1-23(2,3)16-18(27(21(16)30)12-8-10-13(32-6)11-9-12)17-14-15(20(29)26(5)19(14)28)24(4,25-17)22(31)33-7/h8-11,14-18,25H,1-7H3/t14-,15-,16-,17+,18-,24-/m1/s1. The van der Waals surface area contributed by atoms with Gasteiger partial charge in [-0.2, -0.15) is 0 Å². The van der Waals surface area contributed by atoms with E-state index in [9.17, 15) is 19.2 Å². The second-order valence-electron chi connectivity index (χ2n) is 10.3. The summed E-state index contributed by atoms with van der Waals surface area (Å²) in [5.74, 6) is -2.87. The number of nitrogens with one attached hydrogen (secondary N) is 1. The van der Waals surface area contributed by atoms with Crippen LogP contribution < -0.4 is 15.0 Å². The van der Waals surface area contributed by atoms with Crippen molar-refractivity contribution in [1.29, 1.82) is 0 Å². The average Bonchev–Trinajstić information content (AvgIpc) is 3.19. The Morgan fingerprint density at radius 3 is 2.15 bits per heavy atom. The molecule has 0 aliphatic carbocycles. The van der Waals surface area contributed by atoms with Crippen LogP contribution in [0, 0.1) is 23.2 Å². The van der Waals surface area contributed by atoms with Crippen LogP contribution in [0.4, 0.5) is 5.69 Å². The molecule has 1 aromatic carbocycles. The van der Waals surface area contributed by atoms with E-state index in [4.69, 9.17) is 9.47 Å². The van der Waals surface area contributed by atoms with E-state index in [0.717, 1.165) is 4.90 Å². The summed E-state index contributed by atoms with van der Waals surface area (Å²) in [6, 6.07) is 6.08. The fourth-order valence-electron chi connectivity index (χ4n) is 5.83. The van der Waals surface area contributed by atoms with E-state index < -0.39 is 52.7 Å². The minimum atomic E-state index is -1.38. The van der Waals surface area contributed by atoms with E-state index >= 15 is 0 Å². The number of hydrogen-bond acceptors (Lipinski definition) is 7. The van der Waals surface area contributed by atoms with Gasteiger partial charge in [0.05, 0.1) is 38.0 Å². The first kappa shape index (κ1) is 23.2. The van der Waals surface area contributed by atoms with Crippen molar-refractivity contribution in [2.24, 2.45) is 23.2 Å². The molecule has 3 fully saturated rings. The van der Waals surface area contributed by atoms with Gasteiger partial charge in [0.1, 0.15) is 11.3 Å². The van der Waals surface area contributed by atoms with Crippen molar-refractivity contribution in [1.82, 2.24) is 10.2 Å². The van der Waals surface area contributed by atoms with Crippen LogP contribution in [0.25, 0.3) is 0 Å². The molecule has 1 aromatic rings. The number of methoxy groups -OCH3 is 2. The van der Waals surface area contributed by atoms with Gasteiger partial charge < -0.3 is 14.4 Å². The first-order valence-corrected chi connectivity index (χ1v) is 11.0. The summed E-state index contributed by atoms with van der Waals surface area (Å²) >= 11 is 0. The lowest BCUT2D eigenvalue weighted by Gasteiger charge is -2.55. The normalized spacial score (nSPS) is 33.8. The molecular weight excluding hydrogens is 426 g/mol. The quantitative estimate of drug-likeness (QED) is 0.412. The van der Waals surface area contributed by atoms with Gasteiger partial charge in [0, 0.05) is 18.8 Å². The molecule has 0 aromatic heterocycles. The molecule has 33 heavy (non-hydrogen) atoms. The number of hydrogen-bond donors (Lipinski definition) is 1. The minimum absolute atomic E-state index is 0.0622. The van der Waals surface area contributed by atoms with E-state index in [1.807, 2.05) is 20.8 Å². The van der Waals surface area contributed by atoms with Crippen molar-refractivity contribution < 1.29 is 28.7 Å². The molecule has 3 amide bonds. The van der Waals surface area contributed by atoms with E-state index in [1.54, 1.807) is 43.2 Å².